The minimum absolute atomic E-state index is 0.0792. The van der Waals surface area contributed by atoms with Gasteiger partial charge in [0.2, 0.25) is 0 Å². The number of nitrogens with zero attached hydrogens (tertiary/aromatic N) is 2. The van der Waals surface area contributed by atoms with Gasteiger partial charge in [-0.05, 0) is 26.7 Å². The van der Waals surface area contributed by atoms with Gasteiger partial charge in [0.05, 0.1) is 5.60 Å². The third-order valence-corrected chi connectivity index (χ3v) is 3.35. The predicted molar refractivity (Wildman–Crippen MR) is 79.0 cm³/mol. The molecule has 6 heteroatoms. The van der Waals surface area contributed by atoms with Gasteiger partial charge in [-0.2, -0.15) is 0 Å². The Labute approximate surface area is 120 Å². The monoisotopic (exact) mass is 280 g/mol. The van der Waals surface area contributed by atoms with Crippen molar-refractivity contribution in [1.29, 1.82) is 0 Å². The number of ether oxygens (including phenoxy) is 2. The Morgan fingerprint density at radius 3 is 2.80 bits per heavy atom. The molecule has 1 aliphatic heterocycles. The Kier molecular flexibility index (Phi) is 4.77. The van der Waals surface area contributed by atoms with Crippen molar-refractivity contribution >= 4 is 11.6 Å². The maximum Gasteiger partial charge on any atom is 0.158 e. The average Bonchev–Trinajstić information content (AvgIpc) is 2.37. The highest BCUT2D eigenvalue weighted by molar-refractivity contribution is 5.47. The highest BCUT2D eigenvalue weighted by atomic mass is 16.5. The van der Waals surface area contributed by atoms with Crippen LogP contribution in [-0.4, -0.2) is 42.4 Å². The maximum atomic E-state index is 5.74. The molecule has 0 aromatic carbocycles. The van der Waals surface area contributed by atoms with Gasteiger partial charge in [-0.1, -0.05) is 0 Å². The lowest BCUT2D eigenvalue weighted by Crippen LogP contribution is -2.40. The average molecular weight is 280 g/mol. The molecule has 1 atom stereocenters. The maximum absolute atomic E-state index is 5.74. The van der Waals surface area contributed by atoms with Crippen LogP contribution < -0.4 is 10.6 Å². The van der Waals surface area contributed by atoms with Gasteiger partial charge in [-0.3, -0.25) is 0 Å². The summed E-state index contributed by atoms with van der Waals surface area (Å²) in [6, 6.07) is 2.29. The zero-order chi connectivity index (χ0) is 14.6. The molecule has 0 aliphatic carbocycles. The van der Waals surface area contributed by atoms with E-state index in [9.17, 15) is 0 Å². The van der Waals surface area contributed by atoms with Crippen molar-refractivity contribution in [1.82, 2.24) is 9.97 Å². The SMILES string of the molecule is CNc1cc(NC2CCOC(C)(C)C2)nc(COC)n1. The van der Waals surface area contributed by atoms with Crippen LogP contribution in [0.1, 0.15) is 32.5 Å². The Bertz CT molecular complexity index is 451. The fraction of sp³-hybridized carbons (Fsp3) is 0.714. The van der Waals surface area contributed by atoms with Crippen LogP contribution >= 0.6 is 0 Å². The number of aromatic nitrogens is 2. The summed E-state index contributed by atoms with van der Waals surface area (Å²) in [5.41, 5.74) is -0.0792. The van der Waals surface area contributed by atoms with Crippen LogP contribution in [-0.2, 0) is 16.1 Å². The summed E-state index contributed by atoms with van der Waals surface area (Å²) in [5.74, 6) is 2.30. The molecule has 0 spiro atoms. The molecule has 112 valence electrons. The molecule has 0 amide bonds. The number of methoxy groups -OCH3 is 1. The highest BCUT2D eigenvalue weighted by Crippen LogP contribution is 2.26. The van der Waals surface area contributed by atoms with E-state index in [4.69, 9.17) is 9.47 Å². The first-order chi connectivity index (χ1) is 9.52. The number of hydrogen-bond donors (Lipinski definition) is 2. The van der Waals surface area contributed by atoms with E-state index in [1.165, 1.54) is 0 Å². The molecule has 0 radical (unpaired) electrons. The largest absolute Gasteiger partial charge is 0.377 e. The second kappa shape index (κ2) is 6.37. The predicted octanol–water partition coefficient (Wildman–Crippen LogP) is 2.03. The summed E-state index contributed by atoms with van der Waals surface area (Å²) < 4.78 is 10.8. The third kappa shape index (κ3) is 4.05. The summed E-state index contributed by atoms with van der Waals surface area (Å²) in [6.45, 7) is 5.43. The van der Waals surface area contributed by atoms with E-state index in [0.717, 1.165) is 31.1 Å². The summed E-state index contributed by atoms with van der Waals surface area (Å²) in [4.78, 5) is 8.84. The van der Waals surface area contributed by atoms with Crippen molar-refractivity contribution in [2.45, 2.75) is 44.9 Å². The number of nitrogens with one attached hydrogen (secondary N) is 2. The molecule has 1 fully saturated rings. The molecular formula is C14H24N4O2. The number of hydrogen-bond acceptors (Lipinski definition) is 6. The minimum Gasteiger partial charge on any atom is -0.377 e. The first kappa shape index (κ1) is 15.0. The quantitative estimate of drug-likeness (QED) is 0.860. The van der Waals surface area contributed by atoms with Gasteiger partial charge in [0.15, 0.2) is 5.82 Å². The molecule has 6 nitrogen and oxygen atoms in total. The smallest absolute Gasteiger partial charge is 0.158 e. The first-order valence-corrected chi connectivity index (χ1v) is 6.97. The fourth-order valence-corrected chi connectivity index (χ4v) is 2.46. The summed E-state index contributed by atoms with van der Waals surface area (Å²) in [5, 5.41) is 6.53. The summed E-state index contributed by atoms with van der Waals surface area (Å²) >= 11 is 0. The van der Waals surface area contributed by atoms with Gasteiger partial charge in [0.25, 0.3) is 0 Å². The van der Waals surface area contributed by atoms with Gasteiger partial charge >= 0.3 is 0 Å². The Balaban J connectivity index is 2.09. The molecule has 1 aromatic rings. The van der Waals surface area contributed by atoms with Crippen LogP contribution in [0.25, 0.3) is 0 Å². The lowest BCUT2D eigenvalue weighted by atomic mass is 9.94. The van der Waals surface area contributed by atoms with E-state index in [1.807, 2.05) is 13.1 Å². The van der Waals surface area contributed by atoms with Crippen molar-refractivity contribution in [3.8, 4) is 0 Å². The second-order valence-electron chi connectivity index (χ2n) is 5.68. The van der Waals surface area contributed by atoms with Gasteiger partial charge in [0.1, 0.15) is 18.2 Å². The Hall–Kier alpha value is -1.40. The highest BCUT2D eigenvalue weighted by Gasteiger charge is 2.29. The summed E-state index contributed by atoms with van der Waals surface area (Å²) in [7, 11) is 3.49. The van der Waals surface area contributed by atoms with Crippen LogP contribution in [0.2, 0.25) is 0 Å². The Morgan fingerprint density at radius 2 is 2.15 bits per heavy atom. The van der Waals surface area contributed by atoms with Gasteiger partial charge in [0, 0.05) is 32.9 Å². The lowest BCUT2D eigenvalue weighted by molar-refractivity contribution is -0.0553. The summed E-state index contributed by atoms with van der Waals surface area (Å²) in [6.07, 6.45) is 1.95. The molecule has 1 saturated heterocycles. The van der Waals surface area contributed by atoms with E-state index >= 15 is 0 Å². The van der Waals surface area contributed by atoms with Crippen molar-refractivity contribution < 1.29 is 9.47 Å². The van der Waals surface area contributed by atoms with Crippen LogP contribution in [0.3, 0.4) is 0 Å². The van der Waals surface area contributed by atoms with E-state index < -0.39 is 0 Å². The first-order valence-electron chi connectivity index (χ1n) is 6.97. The lowest BCUT2D eigenvalue weighted by Gasteiger charge is -2.36. The zero-order valence-electron chi connectivity index (χ0n) is 12.7. The minimum atomic E-state index is -0.0792. The van der Waals surface area contributed by atoms with Crippen LogP contribution in [0.5, 0.6) is 0 Å². The number of anilines is 2. The molecule has 2 N–H and O–H groups in total. The topological polar surface area (TPSA) is 68.3 Å². The van der Waals surface area contributed by atoms with E-state index in [2.05, 4.69) is 34.4 Å². The fourth-order valence-electron chi connectivity index (χ4n) is 2.46. The van der Waals surface area contributed by atoms with Crippen molar-refractivity contribution in [3.63, 3.8) is 0 Å². The van der Waals surface area contributed by atoms with Crippen molar-refractivity contribution in [3.05, 3.63) is 11.9 Å². The molecule has 2 rings (SSSR count). The second-order valence-corrected chi connectivity index (χ2v) is 5.68. The molecule has 1 aromatic heterocycles. The molecule has 0 bridgehead atoms. The normalized spacial score (nSPS) is 21.5. The molecule has 2 heterocycles. The molecule has 0 saturated carbocycles. The van der Waals surface area contributed by atoms with Crippen LogP contribution in [0.15, 0.2) is 6.07 Å². The molecule has 1 unspecified atom stereocenters. The Morgan fingerprint density at radius 1 is 1.40 bits per heavy atom. The molecule has 20 heavy (non-hydrogen) atoms. The van der Waals surface area contributed by atoms with Crippen molar-refractivity contribution in [2.24, 2.45) is 0 Å². The van der Waals surface area contributed by atoms with Crippen LogP contribution in [0.4, 0.5) is 11.6 Å². The standard InChI is InChI=1S/C14H24N4O2/c1-14(2)8-10(5-6-20-14)16-12-7-11(15-3)17-13(18-12)9-19-4/h7,10H,5-6,8-9H2,1-4H3,(H2,15,16,17,18). The van der Waals surface area contributed by atoms with E-state index in [1.54, 1.807) is 7.11 Å². The third-order valence-electron chi connectivity index (χ3n) is 3.35. The van der Waals surface area contributed by atoms with Crippen molar-refractivity contribution in [2.75, 3.05) is 31.4 Å². The molecule has 1 aliphatic rings. The van der Waals surface area contributed by atoms with Gasteiger partial charge in [-0.25, -0.2) is 9.97 Å². The van der Waals surface area contributed by atoms with E-state index in [-0.39, 0.29) is 5.60 Å². The van der Waals surface area contributed by atoms with Crippen LogP contribution in [0, 0.1) is 0 Å². The number of rotatable bonds is 5. The van der Waals surface area contributed by atoms with Gasteiger partial charge < -0.3 is 20.1 Å². The molecular weight excluding hydrogens is 256 g/mol. The van der Waals surface area contributed by atoms with E-state index in [0.29, 0.717) is 18.5 Å². The van der Waals surface area contributed by atoms with Gasteiger partial charge in [-0.15, -0.1) is 0 Å². The zero-order valence-corrected chi connectivity index (χ0v) is 12.7.